The maximum Gasteiger partial charge on any atom is 0.144 e. The lowest BCUT2D eigenvalue weighted by Gasteiger charge is -2.08. The minimum atomic E-state index is 0.0353. The average Bonchev–Trinajstić information content (AvgIpc) is 2.89. The van der Waals surface area contributed by atoms with Crippen molar-refractivity contribution in [3.63, 3.8) is 0 Å². The van der Waals surface area contributed by atoms with Crippen LogP contribution < -0.4 is 5.73 Å². The summed E-state index contributed by atoms with van der Waals surface area (Å²) >= 11 is 0. The first-order chi connectivity index (χ1) is 6.25. The molecule has 0 saturated heterocycles. The summed E-state index contributed by atoms with van der Waals surface area (Å²) < 4.78 is 0. The molecule has 3 nitrogen and oxygen atoms in total. The van der Waals surface area contributed by atoms with Crippen molar-refractivity contribution in [3.8, 4) is 0 Å². The van der Waals surface area contributed by atoms with Crippen LogP contribution >= 0.6 is 0 Å². The van der Waals surface area contributed by atoms with Gasteiger partial charge >= 0.3 is 0 Å². The molecule has 2 rings (SSSR count). The van der Waals surface area contributed by atoms with Crippen LogP contribution in [0, 0.1) is 12.8 Å². The van der Waals surface area contributed by atoms with Gasteiger partial charge in [-0.3, -0.25) is 0 Å². The van der Waals surface area contributed by atoms with Crippen molar-refractivity contribution in [3.05, 3.63) is 23.8 Å². The van der Waals surface area contributed by atoms with Crippen LogP contribution in [0.25, 0.3) is 0 Å². The highest BCUT2D eigenvalue weighted by molar-refractivity contribution is 5.04. The Hall–Kier alpha value is -0.960. The zero-order valence-corrected chi connectivity index (χ0v) is 7.90. The second-order valence-electron chi connectivity index (χ2n) is 3.90. The Labute approximate surface area is 78.4 Å². The highest BCUT2D eigenvalue weighted by atomic mass is 14.9. The van der Waals surface area contributed by atoms with Gasteiger partial charge in [-0.05, 0) is 24.8 Å². The molecule has 1 aliphatic carbocycles. The summed E-state index contributed by atoms with van der Waals surface area (Å²) in [6.45, 7) is 1.98. The molecule has 1 atom stereocenters. The predicted octanol–water partition coefficient (Wildman–Crippen LogP) is 1.58. The fourth-order valence-electron chi connectivity index (χ4n) is 1.41. The van der Waals surface area contributed by atoms with Crippen molar-refractivity contribution >= 4 is 0 Å². The van der Waals surface area contributed by atoms with Crippen molar-refractivity contribution in [2.75, 3.05) is 0 Å². The molecular formula is C10H15N3. The number of hydrogen-bond acceptors (Lipinski definition) is 3. The topological polar surface area (TPSA) is 51.8 Å². The Morgan fingerprint density at radius 3 is 2.62 bits per heavy atom. The van der Waals surface area contributed by atoms with Gasteiger partial charge in [-0.15, -0.1) is 0 Å². The van der Waals surface area contributed by atoms with E-state index in [1.165, 1.54) is 12.8 Å². The molecule has 0 bridgehead atoms. The quantitative estimate of drug-likeness (QED) is 0.762. The third-order valence-corrected chi connectivity index (χ3v) is 2.42. The molecule has 1 fully saturated rings. The SMILES string of the molecule is Cc1cnc(C(N)CC2CC2)nc1. The highest BCUT2D eigenvalue weighted by Crippen LogP contribution is 2.35. The lowest BCUT2D eigenvalue weighted by Crippen LogP contribution is -2.14. The molecule has 0 amide bonds. The molecule has 70 valence electrons. The maximum atomic E-state index is 5.96. The fourth-order valence-corrected chi connectivity index (χ4v) is 1.41. The standard InChI is InChI=1S/C10H15N3/c1-7-5-12-10(13-6-7)9(11)4-8-2-3-8/h5-6,8-9H,2-4,11H2,1H3. The third-order valence-electron chi connectivity index (χ3n) is 2.42. The number of aromatic nitrogens is 2. The molecule has 13 heavy (non-hydrogen) atoms. The maximum absolute atomic E-state index is 5.96. The lowest BCUT2D eigenvalue weighted by molar-refractivity contribution is 0.567. The van der Waals surface area contributed by atoms with Gasteiger partial charge in [0.25, 0.3) is 0 Å². The third kappa shape index (κ3) is 2.25. The van der Waals surface area contributed by atoms with E-state index in [2.05, 4.69) is 9.97 Å². The molecule has 0 spiro atoms. The summed E-state index contributed by atoms with van der Waals surface area (Å²) in [5, 5.41) is 0. The van der Waals surface area contributed by atoms with Gasteiger partial charge in [0.05, 0.1) is 6.04 Å². The number of aryl methyl sites for hydroxylation is 1. The smallest absolute Gasteiger partial charge is 0.144 e. The van der Waals surface area contributed by atoms with Crippen LogP contribution in [-0.2, 0) is 0 Å². The zero-order valence-electron chi connectivity index (χ0n) is 7.90. The molecule has 0 aromatic carbocycles. The normalized spacial score (nSPS) is 18.6. The number of nitrogens with two attached hydrogens (primary N) is 1. The van der Waals surface area contributed by atoms with Gasteiger partial charge in [0.1, 0.15) is 5.82 Å². The number of nitrogens with zero attached hydrogens (tertiary/aromatic N) is 2. The van der Waals surface area contributed by atoms with E-state index in [0.29, 0.717) is 0 Å². The van der Waals surface area contributed by atoms with Crippen molar-refractivity contribution in [2.24, 2.45) is 11.7 Å². The van der Waals surface area contributed by atoms with Gasteiger partial charge in [-0.25, -0.2) is 9.97 Å². The lowest BCUT2D eigenvalue weighted by atomic mass is 10.1. The van der Waals surface area contributed by atoms with E-state index < -0.39 is 0 Å². The Balaban J connectivity index is 2.01. The molecule has 1 aliphatic rings. The molecular weight excluding hydrogens is 162 g/mol. The minimum absolute atomic E-state index is 0.0353. The van der Waals surface area contributed by atoms with Crippen LogP contribution in [0.1, 0.15) is 36.7 Å². The predicted molar refractivity (Wildman–Crippen MR) is 51.0 cm³/mol. The minimum Gasteiger partial charge on any atom is -0.321 e. The molecule has 1 saturated carbocycles. The summed E-state index contributed by atoms with van der Waals surface area (Å²) in [4.78, 5) is 8.45. The van der Waals surface area contributed by atoms with Crippen molar-refractivity contribution < 1.29 is 0 Å². The molecule has 0 radical (unpaired) electrons. The first kappa shape index (κ1) is 8.63. The molecule has 0 aliphatic heterocycles. The van der Waals surface area contributed by atoms with Crippen molar-refractivity contribution in [2.45, 2.75) is 32.2 Å². The van der Waals surface area contributed by atoms with Crippen LogP contribution in [0.4, 0.5) is 0 Å². The highest BCUT2D eigenvalue weighted by Gasteiger charge is 2.25. The Morgan fingerprint density at radius 1 is 1.46 bits per heavy atom. The number of rotatable bonds is 3. The van der Waals surface area contributed by atoms with Crippen molar-refractivity contribution in [1.82, 2.24) is 9.97 Å². The zero-order chi connectivity index (χ0) is 9.26. The van der Waals surface area contributed by atoms with E-state index in [1.54, 1.807) is 0 Å². The largest absolute Gasteiger partial charge is 0.321 e. The van der Waals surface area contributed by atoms with Crippen LogP contribution in [-0.4, -0.2) is 9.97 Å². The van der Waals surface area contributed by atoms with E-state index in [0.717, 1.165) is 23.7 Å². The van der Waals surface area contributed by atoms with Gasteiger partial charge in [0.15, 0.2) is 0 Å². The number of hydrogen-bond donors (Lipinski definition) is 1. The van der Waals surface area contributed by atoms with E-state index in [-0.39, 0.29) is 6.04 Å². The summed E-state index contributed by atoms with van der Waals surface area (Å²) in [7, 11) is 0. The first-order valence-corrected chi connectivity index (χ1v) is 4.80. The molecule has 1 aromatic heterocycles. The van der Waals surface area contributed by atoms with E-state index in [9.17, 15) is 0 Å². The van der Waals surface area contributed by atoms with Crippen LogP contribution in [0.15, 0.2) is 12.4 Å². The molecule has 1 aromatic rings. The molecule has 1 heterocycles. The van der Waals surface area contributed by atoms with Crippen LogP contribution in [0.5, 0.6) is 0 Å². The average molecular weight is 177 g/mol. The Bertz CT molecular complexity index is 277. The van der Waals surface area contributed by atoms with Crippen LogP contribution in [0.2, 0.25) is 0 Å². The van der Waals surface area contributed by atoms with E-state index in [1.807, 2.05) is 19.3 Å². The summed E-state index contributed by atoms with van der Waals surface area (Å²) in [6, 6.07) is 0.0353. The fraction of sp³-hybridized carbons (Fsp3) is 0.600. The molecule has 3 heteroatoms. The van der Waals surface area contributed by atoms with E-state index >= 15 is 0 Å². The molecule has 1 unspecified atom stereocenters. The van der Waals surface area contributed by atoms with Gasteiger partial charge in [0.2, 0.25) is 0 Å². The van der Waals surface area contributed by atoms with Crippen molar-refractivity contribution in [1.29, 1.82) is 0 Å². The van der Waals surface area contributed by atoms with Gasteiger partial charge in [-0.1, -0.05) is 12.8 Å². The summed E-state index contributed by atoms with van der Waals surface area (Å²) in [5.41, 5.74) is 7.05. The van der Waals surface area contributed by atoms with Gasteiger partial charge in [-0.2, -0.15) is 0 Å². The van der Waals surface area contributed by atoms with Gasteiger partial charge in [0, 0.05) is 12.4 Å². The Kier molecular flexibility index (Phi) is 2.27. The summed E-state index contributed by atoms with van der Waals surface area (Å²) in [6.07, 6.45) is 7.37. The molecule has 2 N–H and O–H groups in total. The Morgan fingerprint density at radius 2 is 2.08 bits per heavy atom. The first-order valence-electron chi connectivity index (χ1n) is 4.80. The van der Waals surface area contributed by atoms with Crippen LogP contribution in [0.3, 0.4) is 0 Å². The summed E-state index contributed by atoms with van der Waals surface area (Å²) in [5.74, 6) is 1.62. The second-order valence-corrected chi connectivity index (χ2v) is 3.90. The second kappa shape index (κ2) is 3.42. The van der Waals surface area contributed by atoms with Gasteiger partial charge < -0.3 is 5.73 Å². The van der Waals surface area contributed by atoms with E-state index in [4.69, 9.17) is 5.73 Å². The monoisotopic (exact) mass is 177 g/mol.